The van der Waals surface area contributed by atoms with E-state index in [1.165, 1.54) is 12.0 Å². The molecule has 0 spiro atoms. The Morgan fingerprint density at radius 3 is 2.60 bits per heavy atom. The molecule has 110 valence electrons. The van der Waals surface area contributed by atoms with Crippen LogP contribution >= 0.6 is 0 Å². The number of rotatable bonds is 5. The quantitative estimate of drug-likeness (QED) is 0.824. The second-order valence-electron chi connectivity index (χ2n) is 6.33. The molecule has 1 saturated heterocycles. The third kappa shape index (κ3) is 3.71. The zero-order valence-electron chi connectivity index (χ0n) is 13.0. The van der Waals surface area contributed by atoms with E-state index in [-0.39, 0.29) is 0 Å². The topological polar surface area (TPSA) is 15.3 Å². The molecule has 1 fully saturated rings. The van der Waals surface area contributed by atoms with Gasteiger partial charge in [-0.25, -0.2) is 0 Å². The van der Waals surface area contributed by atoms with Gasteiger partial charge in [-0.15, -0.1) is 6.58 Å². The molecule has 3 unspecified atom stereocenters. The fourth-order valence-corrected chi connectivity index (χ4v) is 3.14. The Kier molecular flexibility index (Phi) is 5.38. The maximum atomic E-state index is 3.99. The molecule has 2 nitrogen and oxygen atoms in total. The third-order valence-corrected chi connectivity index (χ3v) is 4.24. The van der Waals surface area contributed by atoms with E-state index >= 15 is 0 Å². The number of piperazine rings is 1. The van der Waals surface area contributed by atoms with Crippen LogP contribution in [0.1, 0.15) is 38.8 Å². The lowest BCUT2D eigenvalue weighted by Gasteiger charge is -2.43. The van der Waals surface area contributed by atoms with Crippen molar-refractivity contribution in [2.75, 3.05) is 13.1 Å². The molecule has 0 amide bonds. The van der Waals surface area contributed by atoms with Crippen LogP contribution in [0.15, 0.2) is 43.0 Å². The summed E-state index contributed by atoms with van der Waals surface area (Å²) < 4.78 is 0. The Morgan fingerprint density at radius 2 is 2.00 bits per heavy atom. The van der Waals surface area contributed by atoms with Crippen molar-refractivity contribution in [2.24, 2.45) is 5.92 Å². The van der Waals surface area contributed by atoms with Gasteiger partial charge in [0.15, 0.2) is 0 Å². The largest absolute Gasteiger partial charge is 0.311 e. The molecule has 2 heteroatoms. The minimum atomic E-state index is 0.414. The zero-order valence-corrected chi connectivity index (χ0v) is 13.0. The van der Waals surface area contributed by atoms with Crippen molar-refractivity contribution < 1.29 is 0 Å². The number of benzene rings is 1. The van der Waals surface area contributed by atoms with E-state index in [2.05, 4.69) is 74.0 Å². The maximum absolute atomic E-state index is 3.99. The first-order valence-electron chi connectivity index (χ1n) is 7.78. The van der Waals surface area contributed by atoms with E-state index < -0.39 is 0 Å². The molecule has 20 heavy (non-hydrogen) atoms. The molecular formula is C18H28N2. The molecule has 0 saturated carbocycles. The van der Waals surface area contributed by atoms with Crippen LogP contribution in [-0.2, 0) is 0 Å². The lowest BCUT2D eigenvalue weighted by molar-refractivity contribution is 0.101. The monoisotopic (exact) mass is 272 g/mol. The molecule has 1 N–H and O–H groups in total. The highest BCUT2D eigenvalue weighted by molar-refractivity contribution is 5.21. The van der Waals surface area contributed by atoms with E-state index in [1.807, 2.05) is 0 Å². The number of nitrogens with zero attached hydrogens (tertiary/aromatic N) is 1. The molecular weight excluding hydrogens is 244 g/mol. The summed E-state index contributed by atoms with van der Waals surface area (Å²) in [5.41, 5.74) is 1.40. The predicted octanol–water partition coefficient (Wildman–Crippen LogP) is 3.62. The van der Waals surface area contributed by atoms with Gasteiger partial charge in [-0.1, -0.05) is 50.3 Å². The molecule has 3 atom stereocenters. The molecule has 0 radical (unpaired) electrons. The zero-order chi connectivity index (χ0) is 14.5. The smallest absolute Gasteiger partial charge is 0.0479 e. The van der Waals surface area contributed by atoms with Crippen LogP contribution < -0.4 is 5.32 Å². The van der Waals surface area contributed by atoms with Gasteiger partial charge in [-0.2, -0.15) is 0 Å². The number of nitrogens with one attached hydrogen (secondary N) is 1. The Bertz CT molecular complexity index is 413. The Balaban J connectivity index is 2.14. The summed E-state index contributed by atoms with van der Waals surface area (Å²) in [6.45, 7) is 13.0. The number of hydrogen-bond acceptors (Lipinski definition) is 2. The summed E-state index contributed by atoms with van der Waals surface area (Å²) in [5, 5.41) is 3.73. The van der Waals surface area contributed by atoms with Crippen LogP contribution in [-0.4, -0.2) is 30.1 Å². The molecule has 0 aromatic heterocycles. The fourth-order valence-electron chi connectivity index (χ4n) is 3.14. The van der Waals surface area contributed by atoms with Crippen molar-refractivity contribution in [3.8, 4) is 0 Å². The van der Waals surface area contributed by atoms with E-state index in [9.17, 15) is 0 Å². The van der Waals surface area contributed by atoms with Gasteiger partial charge in [0.1, 0.15) is 0 Å². The molecule has 1 aromatic rings. The van der Waals surface area contributed by atoms with Crippen molar-refractivity contribution in [3.63, 3.8) is 0 Å². The van der Waals surface area contributed by atoms with Gasteiger partial charge < -0.3 is 5.32 Å². The Morgan fingerprint density at radius 1 is 1.30 bits per heavy atom. The van der Waals surface area contributed by atoms with Gasteiger partial charge in [0, 0.05) is 31.2 Å². The molecule has 0 bridgehead atoms. The third-order valence-electron chi connectivity index (χ3n) is 4.24. The predicted molar refractivity (Wildman–Crippen MR) is 86.8 cm³/mol. The molecule has 2 rings (SSSR count). The van der Waals surface area contributed by atoms with Gasteiger partial charge in [0.2, 0.25) is 0 Å². The van der Waals surface area contributed by atoms with Gasteiger partial charge in [0.25, 0.3) is 0 Å². The second-order valence-corrected chi connectivity index (χ2v) is 6.33. The normalized spacial score (nSPS) is 25.6. The van der Waals surface area contributed by atoms with Gasteiger partial charge in [-0.3, -0.25) is 4.90 Å². The van der Waals surface area contributed by atoms with Crippen LogP contribution in [0.3, 0.4) is 0 Å². The van der Waals surface area contributed by atoms with Gasteiger partial charge in [0.05, 0.1) is 0 Å². The van der Waals surface area contributed by atoms with Crippen LogP contribution in [0.25, 0.3) is 0 Å². The standard InChI is InChI=1S/C18H28N2/c1-5-15(4)20-13-17(11-14(2)3)19-12-18(20)16-9-7-6-8-10-16/h5-10,14-15,17-19H,1,11-13H2,2-4H3. The van der Waals surface area contributed by atoms with E-state index in [4.69, 9.17) is 0 Å². The second kappa shape index (κ2) is 7.05. The molecule has 0 aliphatic carbocycles. The van der Waals surface area contributed by atoms with Gasteiger partial charge >= 0.3 is 0 Å². The van der Waals surface area contributed by atoms with E-state index in [0.717, 1.165) is 19.0 Å². The molecule has 1 aromatic carbocycles. The van der Waals surface area contributed by atoms with Crippen molar-refractivity contribution in [1.82, 2.24) is 10.2 Å². The Labute approximate surface area is 123 Å². The summed E-state index contributed by atoms with van der Waals surface area (Å²) in [6, 6.07) is 12.3. The summed E-state index contributed by atoms with van der Waals surface area (Å²) in [6.07, 6.45) is 3.30. The average molecular weight is 272 g/mol. The first-order chi connectivity index (χ1) is 9.61. The van der Waals surface area contributed by atoms with E-state index in [1.54, 1.807) is 0 Å². The minimum Gasteiger partial charge on any atom is -0.311 e. The van der Waals surface area contributed by atoms with E-state index in [0.29, 0.717) is 18.1 Å². The van der Waals surface area contributed by atoms with Crippen molar-refractivity contribution in [3.05, 3.63) is 48.6 Å². The first-order valence-corrected chi connectivity index (χ1v) is 7.78. The summed E-state index contributed by atoms with van der Waals surface area (Å²) in [5.74, 6) is 0.738. The minimum absolute atomic E-state index is 0.414. The van der Waals surface area contributed by atoms with Crippen molar-refractivity contribution in [2.45, 2.75) is 45.3 Å². The van der Waals surface area contributed by atoms with Crippen LogP contribution in [0, 0.1) is 5.92 Å². The molecule has 1 aliphatic rings. The highest BCUT2D eigenvalue weighted by Gasteiger charge is 2.31. The molecule has 1 heterocycles. The fraction of sp³-hybridized carbons (Fsp3) is 0.556. The summed E-state index contributed by atoms with van der Waals surface area (Å²) in [4.78, 5) is 2.59. The highest BCUT2D eigenvalue weighted by Crippen LogP contribution is 2.27. The van der Waals surface area contributed by atoms with Crippen molar-refractivity contribution in [1.29, 1.82) is 0 Å². The SMILES string of the molecule is C=CC(C)N1CC(CC(C)C)NCC1c1ccccc1. The maximum Gasteiger partial charge on any atom is 0.0479 e. The summed E-state index contributed by atoms with van der Waals surface area (Å²) in [7, 11) is 0. The van der Waals surface area contributed by atoms with Crippen molar-refractivity contribution >= 4 is 0 Å². The summed E-state index contributed by atoms with van der Waals surface area (Å²) >= 11 is 0. The molecule has 1 aliphatic heterocycles. The van der Waals surface area contributed by atoms with Crippen LogP contribution in [0.5, 0.6) is 0 Å². The Hall–Kier alpha value is -1.12. The van der Waals surface area contributed by atoms with Gasteiger partial charge in [-0.05, 0) is 24.8 Å². The lowest BCUT2D eigenvalue weighted by Crippen LogP contribution is -2.54. The average Bonchev–Trinajstić information content (AvgIpc) is 2.46. The highest BCUT2D eigenvalue weighted by atomic mass is 15.2. The number of hydrogen-bond donors (Lipinski definition) is 1. The first kappa shape index (κ1) is 15.3. The lowest BCUT2D eigenvalue weighted by atomic mass is 9.95. The van der Waals surface area contributed by atoms with Crippen LogP contribution in [0.4, 0.5) is 0 Å². The van der Waals surface area contributed by atoms with Crippen LogP contribution in [0.2, 0.25) is 0 Å².